The zero-order valence-electron chi connectivity index (χ0n) is 19.9. The zero-order valence-corrected chi connectivity index (χ0v) is 21.4. The van der Waals surface area contributed by atoms with Crippen molar-refractivity contribution in [3.05, 3.63) is 45.5 Å². The fourth-order valence-electron chi connectivity index (χ4n) is 4.71. The molecule has 2 heterocycles. The summed E-state index contributed by atoms with van der Waals surface area (Å²) in [7, 11) is 0. The van der Waals surface area contributed by atoms with Gasteiger partial charge < -0.3 is 10.0 Å². The lowest BCUT2D eigenvalue weighted by Crippen LogP contribution is -2.38. The molecule has 2 aromatic rings. The standard InChI is InChI=1S/C24H25Cl2F3N4O4/c1-23(22(36)37)6-4-14(5-7-23)33-20(24(27,28)29)15(8-31-33)21(35)32(11-13-2-3-13)12-18(34)19-16(25)9-30-10-17(19)26/h8-10,13-14H,2-7,11-12H2,1H3,(H,36,37). The molecule has 0 unspecified atom stereocenters. The predicted molar refractivity (Wildman–Crippen MR) is 128 cm³/mol. The molecule has 13 heteroatoms. The van der Waals surface area contributed by atoms with Gasteiger partial charge in [-0.05, 0) is 51.4 Å². The fraction of sp³-hybridized carbons (Fsp3) is 0.542. The van der Waals surface area contributed by atoms with E-state index in [9.17, 15) is 32.7 Å². The van der Waals surface area contributed by atoms with Crippen molar-refractivity contribution in [2.24, 2.45) is 11.3 Å². The van der Waals surface area contributed by atoms with Crippen LogP contribution in [0, 0.1) is 11.3 Å². The van der Waals surface area contributed by atoms with Crippen LogP contribution >= 0.6 is 23.2 Å². The molecule has 0 radical (unpaired) electrons. The minimum Gasteiger partial charge on any atom is -0.481 e. The third-order valence-corrected chi connectivity index (χ3v) is 7.72. The van der Waals surface area contributed by atoms with Crippen molar-refractivity contribution in [3.63, 3.8) is 0 Å². The van der Waals surface area contributed by atoms with E-state index in [2.05, 4.69) is 10.1 Å². The molecule has 2 aliphatic carbocycles. The first-order valence-electron chi connectivity index (χ1n) is 11.8. The molecule has 0 aliphatic heterocycles. The lowest BCUT2D eigenvalue weighted by atomic mass is 9.74. The van der Waals surface area contributed by atoms with Gasteiger partial charge in [0.25, 0.3) is 5.91 Å². The van der Waals surface area contributed by atoms with Gasteiger partial charge in [-0.25, -0.2) is 0 Å². The van der Waals surface area contributed by atoms with E-state index in [0.29, 0.717) is 0 Å². The summed E-state index contributed by atoms with van der Waals surface area (Å²) in [5, 5.41) is 13.3. The van der Waals surface area contributed by atoms with Gasteiger partial charge in [-0.3, -0.25) is 24.0 Å². The van der Waals surface area contributed by atoms with Crippen molar-refractivity contribution in [3.8, 4) is 0 Å². The average Bonchev–Trinajstić information content (AvgIpc) is 3.51. The Morgan fingerprint density at radius 3 is 2.22 bits per heavy atom. The van der Waals surface area contributed by atoms with Gasteiger partial charge >= 0.3 is 12.1 Å². The van der Waals surface area contributed by atoms with Gasteiger partial charge in [0.1, 0.15) is 0 Å². The van der Waals surface area contributed by atoms with Crippen molar-refractivity contribution in [2.75, 3.05) is 13.1 Å². The van der Waals surface area contributed by atoms with Gasteiger partial charge in [-0.2, -0.15) is 18.3 Å². The molecule has 8 nitrogen and oxygen atoms in total. The zero-order chi connectivity index (χ0) is 27.1. The van der Waals surface area contributed by atoms with Gasteiger partial charge in [0.15, 0.2) is 11.5 Å². The summed E-state index contributed by atoms with van der Waals surface area (Å²) in [6.07, 6.45) is 0.726. The first-order valence-corrected chi connectivity index (χ1v) is 12.6. The van der Waals surface area contributed by atoms with Crippen molar-refractivity contribution in [1.82, 2.24) is 19.7 Å². The summed E-state index contributed by atoms with van der Waals surface area (Å²) in [4.78, 5) is 42.9. The Morgan fingerprint density at radius 1 is 1.11 bits per heavy atom. The highest BCUT2D eigenvalue weighted by Gasteiger charge is 2.45. The second kappa shape index (κ2) is 10.2. The highest BCUT2D eigenvalue weighted by molar-refractivity contribution is 6.39. The van der Waals surface area contributed by atoms with Crippen LogP contribution in [-0.2, 0) is 11.0 Å². The monoisotopic (exact) mass is 560 g/mol. The Kier molecular flexibility index (Phi) is 7.58. The van der Waals surface area contributed by atoms with Crippen LogP contribution in [0.2, 0.25) is 10.0 Å². The van der Waals surface area contributed by atoms with Crippen LogP contribution in [0.3, 0.4) is 0 Å². The molecule has 1 N–H and O–H groups in total. The molecule has 2 saturated carbocycles. The summed E-state index contributed by atoms with van der Waals surface area (Å²) < 4.78 is 43.6. The lowest BCUT2D eigenvalue weighted by molar-refractivity contribution is -0.152. The van der Waals surface area contributed by atoms with E-state index in [4.69, 9.17) is 23.2 Å². The second-order valence-corrected chi connectivity index (χ2v) is 10.8. The molecule has 4 rings (SSSR count). The maximum Gasteiger partial charge on any atom is 0.433 e. The molecule has 200 valence electrons. The quantitative estimate of drug-likeness (QED) is 0.424. The van der Waals surface area contributed by atoms with E-state index >= 15 is 0 Å². The Hall–Kier alpha value is -2.66. The Labute approximate surface area is 220 Å². The molecular weight excluding hydrogens is 536 g/mol. The minimum atomic E-state index is -4.90. The number of nitrogens with zero attached hydrogens (tertiary/aromatic N) is 4. The van der Waals surface area contributed by atoms with E-state index in [-0.39, 0.29) is 53.8 Å². The number of alkyl halides is 3. The maximum absolute atomic E-state index is 14.3. The number of aromatic nitrogens is 3. The minimum absolute atomic E-state index is 0.0224. The number of rotatable bonds is 8. The largest absolute Gasteiger partial charge is 0.481 e. The maximum atomic E-state index is 14.3. The van der Waals surface area contributed by atoms with Crippen LogP contribution < -0.4 is 0 Å². The van der Waals surface area contributed by atoms with Gasteiger partial charge in [-0.15, -0.1) is 0 Å². The van der Waals surface area contributed by atoms with Crippen molar-refractivity contribution >= 4 is 40.9 Å². The van der Waals surface area contributed by atoms with Gasteiger partial charge in [0.2, 0.25) is 0 Å². The first kappa shape index (κ1) is 27.4. The topological polar surface area (TPSA) is 105 Å². The molecule has 37 heavy (non-hydrogen) atoms. The smallest absolute Gasteiger partial charge is 0.433 e. The number of Topliss-reactive ketones (excluding diaryl/α,β-unsaturated/α-hetero) is 1. The normalized spacial score (nSPS) is 22.1. The summed E-state index contributed by atoms with van der Waals surface area (Å²) >= 11 is 12.1. The molecule has 0 atom stereocenters. The second-order valence-electron chi connectivity index (χ2n) is 9.98. The molecule has 2 aromatic heterocycles. The molecular formula is C24H25Cl2F3N4O4. The Bertz CT molecular complexity index is 1200. The van der Waals surface area contributed by atoms with Crippen molar-refractivity contribution in [1.29, 1.82) is 0 Å². The number of hydrogen-bond donors (Lipinski definition) is 1. The molecule has 1 amide bonds. The highest BCUT2D eigenvalue weighted by Crippen LogP contribution is 2.43. The van der Waals surface area contributed by atoms with E-state index in [1.165, 1.54) is 12.4 Å². The third-order valence-electron chi connectivity index (χ3n) is 7.14. The van der Waals surface area contributed by atoms with E-state index in [0.717, 1.165) is 28.6 Å². The van der Waals surface area contributed by atoms with E-state index in [1.807, 2.05) is 0 Å². The van der Waals surface area contributed by atoms with Crippen LogP contribution in [0.15, 0.2) is 18.6 Å². The first-order chi connectivity index (χ1) is 17.3. The number of halogens is 5. The average molecular weight is 561 g/mol. The Morgan fingerprint density at radius 2 is 1.70 bits per heavy atom. The number of hydrogen-bond acceptors (Lipinski definition) is 5. The lowest BCUT2D eigenvalue weighted by Gasteiger charge is -2.34. The SMILES string of the molecule is CC1(C(=O)O)CCC(n2ncc(C(=O)N(CC(=O)c3c(Cl)cncc3Cl)CC3CC3)c2C(F)(F)F)CC1. The number of carbonyl (C=O) groups is 3. The third kappa shape index (κ3) is 5.77. The summed E-state index contributed by atoms with van der Waals surface area (Å²) in [6, 6.07) is -0.710. The summed E-state index contributed by atoms with van der Waals surface area (Å²) in [6.45, 7) is 1.16. The van der Waals surface area contributed by atoms with Crippen molar-refractivity contribution in [2.45, 2.75) is 57.7 Å². The number of aliphatic carboxylic acids is 1. The molecule has 0 aromatic carbocycles. The van der Waals surface area contributed by atoms with Gasteiger partial charge in [-0.1, -0.05) is 23.2 Å². The Balaban J connectivity index is 1.63. The van der Waals surface area contributed by atoms with Crippen LogP contribution in [0.1, 0.15) is 77.9 Å². The van der Waals surface area contributed by atoms with Crippen LogP contribution in [-0.4, -0.2) is 55.5 Å². The van der Waals surface area contributed by atoms with Gasteiger partial charge in [0, 0.05) is 18.9 Å². The summed E-state index contributed by atoms with van der Waals surface area (Å²) in [5.74, 6) is -2.50. The molecule has 2 aliphatic rings. The van der Waals surface area contributed by atoms with Crippen molar-refractivity contribution < 1.29 is 32.7 Å². The molecule has 2 fully saturated rings. The van der Waals surface area contributed by atoms with Gasteiger partial charge in [0.05, 0.1) is 45.4 Å². The molecule has 0 saturated heterocycles. The van der Waals surface area contributed by atoms with E-state index < -0.39 is 53.1 Å². The fourth-order valence-corrected chi connectivity index (χ4v) is 5.28. The van der Waals surface area contributed by atoms with Crippen LogP contribution in [0.25, 0.3) is 0 Å². The predicted octanol–water partition coefficient (Wildman–Crippen LogP) is 5.54. The van der Waals surface area contributed by atoms with E-state index in [1.54, 1.807) is 6.92 Å². The number of carboxylic acids is 1. The number of pyridine rings is 1. The number of carboxylic acid groups (broad SMARTS) is 1. The molecule has 0 spiro atoms. The summed E-state index contributed by atoms with van der Waals surface area (Å²) in [5.41, 5.74) is -2.92. The van der Waals surface area contributed by atoms with Crippen LogP contribution in [0.4, 0.5) is 13.2 Å². The number of carbonyl (C=O) groups excluding carboxylic acids is 2. The number of ketones is 1. The highest BCUT2D eigenvalue weighted by atomic mass is 35.5. The molecule has 0 bridgehead atoms. The number of amides is 1. The van der Waals surface area contributed by atoms with Crippen LogP contribution in [0.5, 0.6) is 0 Å².